The summed E-state index contributed by atoms with van der Waals surface area (Å²) in [6, 6.07) is 4.56. The molecule has 1 aromatic heterocycles. The fourth-order valence-electron chi connectivity index (χ4n) is 1.49. The van der Waals surface area contributed by atoms with E-state index < -0.39 is 5.91 Å². The SMILES string of the molecule is COc1cc(/C=N/NC(=O)c2no[n+]([O-])c2C)ccc1O. The second-order valence-corrected chi connectivity index (χ2v) is 3.99. The van der Waals surface area contributed by atoms with Crippen LogP contribution < -0.4 is 15.1 Å². The summed E-state index contributed by atoms with van der Waals surface area (Å²) in [6.45, 7) is 1.40. The van der Waals surface area contributed by atoms with Crippen LogP contribution in [0, 0.1) is 12.1 Å². The van der Waals surface area contributed by atoms with E-state index in [4.69, 9.17) is 4.74 Å². The number of aromatic hydroxyl groups is 1. The summed E-state index contributed by atoms with van der Waals surface area (Å²) in [4.78, 5) is 11.8. The maximum absolute atomic E-state index is 11.7. The Labute approximate surface area is 119 Å². The largest absolute Gasteiger partial charge is 0.504 e. The first-order chi connectivity index (χ1) is 10.0. The zero-order chi connectivity index (χ0) is 15.4. The minimum Gasteiger partial charge on any atom is -0.504 e. The van der Waals surface area contributed by atoms with Crippen LogP contribution >= 0.6 is 0 Å². The number of rotatable bonds is 4. The Morgan fingerprint density at radius 3 is 3.00 bits per heavy atom. The Kier molecular flexibility index (Phi) is 4.02. The highest BCUT2D eigenvalue weighted by Gasteiger charge is 2.22. The Morgan fingerprint density at radius 2 is 2.38 bits per heavy atom. The molecule has 2 N–H and O–H groups in total. The number of benzene rings is 1. The summed E-state index contributed by atoms with van der Waals surface area (Å²) in [6.07, 6.45) is 1.35. The average molecular weight is 292 g/mol. The minimum absolute atomic E-state index is 0.00286. The monoisotopic (exact) mass is 292 g/mol. The van der Waals surface area contributed by atoms with E-state index >= 15 is 0 Å². The maximum Gasteiger partial charge on any atom is 0.322 e. The highest BCUT2D eigenvalue weighted by Crippen LogP contribution is 2.25. The first-order valence-corrected chi connectivity index (χ1v) is 5.79. The predicted octanol–water partition coefficient (Wildman–Crippen LogP) is 0.0945. The van der Waals surface area contributed by atoms with Gasteiger partial charge in [0.25, 0.3) is 0 Å². The molecule has 1 heterocycles. The standard InChI is InChI=1S/C12H12N4O5/c1-7-11(15-21-16(7)19)12(18)14-13-6-8-3-4-9(17)10(5-8)20-2/h3-6,17H,1-2H3,(H,14,18)/b13-6+. The number of carbonyl (C=O) groups excluding carboxylic acids is 1. The van der Waals surface area contributed by atoms with Crippen LogP contribution in [0.4, 0.5) is 0 Å². The van der Waals surface area contributed by atoms with Crippen molar-refractivity contribution in [2.75, 3.05) is 7.11 Å². The third-order valence-electron chi connectivity index (χ3n) is 2.62. The molecule has 0 aliphatic carbocycles. The van der Waals surface area contributed by atoms with Gasteiger partial charge in [0.2, 0.25) is 5.69 Å². The molecule has 2 aromatic rings. The lowest BCUT2D eigenvalue weighted by Gasteiger charge is -2.03. The van der Waals surface area contributed by atoms with Crippen molar-refractivity contribution in [3.63, 3.8) is 0 Å². The van der Waals surface area contributed by atoms with Crippen LogP contribution in [0.5, 0.6) is 11.5 Å². The van der Waals surface area contributed by atoms with E-state index in [0.29, 0.717) is 5.56 Å². The third-order valence-corrected chi connectivity index (χ3v) is 2.62. The molecule has 0 atom stereocenters. The molecule has 1 aromatic carbocycles. The number of amides is 1. The van der Waals surface area contributed by atoms with Gasteiger partial charge in [-0.3, -0.25) is 9.42 Å². The van der Waals surface area contributed by atoms with Crippen molar-refractivity contribution in [3.8, 4) is 11.5 Å². The van der Waals surface area contributed by atoms with Gasteiger partial charge in [-0.2, -0.15) is 5.10 Å². The number of nitrogens with zero attached hydrogens (tertiary/aromatic N) is 3. The molecule has 0 spiro atoms. The molecule has 0 aliphatic heterocycles. The number of methoxy groups -OCH3 is 1. The summed E-state index contributed by atoms with van der Waals surface area (Å²) in [5, 5.41) is 27.4. The molecule has 21 heavy (non-hydrogen) atoms. The number of nitrogens with one attached hydrogen (secondary N) is 1. The van der Waals surface area contributed by atoms with E-state index in [9.17, 15) is 15.1 Å². The normalized spacial score (nSPS) is 10.8. The van der Waals surface area contributed by atoms with E-state index in [1.165, 1.54) is 32.4 Å². The third kappa shape index (κ3) is 3.08. The van der Waals surface area contributed by atoms with Crippen LogP contribution in [-0.2, 0) is 0 Å². The summed E-state index contributed by atoms with van der Waals surface area (Å²) in [7, 11) is 1.42. The lowest BCUT2D eigenvalue weighted by atomic mass is 10.2. The summed E-state index contributed by atoms with van der Waals surface area (Å²) in [5.41, 5.74) is 2.69. The molecule has 0 saturated heterocycles. The van der Waals surface area contributed by atoms with Crippen molar-refractivity contribution in [2.24, 2.45) is 5.10 Å². The van der Waals surface area contributed by atoms with Gasteiger partial charge in [-0.15, -0.1) is 0 Å². The number of phenolic OH excluding ortho intramolecular Hbond substituents is 1. The van der Waals surface area contributed by atoms with Crippen LogP contribution in [0.15, 0.2) is 27.9 Å². The Bertz CT molecular complexity index is 695. The minimum atomic E-state index is -0.673. The van der Waals surface area contributed by atoms with Crippen molar-refractivity contribution in [2.45, 2.75) is 6.92 Å². The van der Waals surface area contributed by atoms with Gasteiger partial charge in [-0.1, -0.05) is 0 Å². The zero-order valence-corrected chi connectivity index (χ0v) is 11.2. The van der Waals surface area contributed by atoms with Crippen LogP contribution in [-0.4, -0.2) is 29.5 Å². The predicted molar refractivity (Wildman–Crippen MR) is 69.9 cm³/mol. The van der Waals surface area contributed by atoms with Gasteiger partial charge in [0.05, 0.1) is 18.5 Å². The van der Waals surface area contributed by atoms with E-state index in [1.54, 1.807) is 6.07 Å². The zero-order valence-electron chi connectivity index (χ0n) is 11.2. The molecular formula is C12H12N4O5. The fourth-order valence-corrected chi connectivity index (χ4v) is 1.49. The highest BCUT2D eigenvalue weighted by molar-refractivity contribution is 5.93. The molecule has 0 radical (unpaired) electrons. The molecule has 9 nitrogen and oxygen atoms in total. The van der Waals surface area contributed by atoms with Crippen LogP contribution in [0.3, 0.4) is 0 Å². The molecule has 0 unspecified atom stereocenters. The summed E-state index contributed by atoms with van der Waals surface area (Å²) in [5.74, 6) is -0.394. The van der Waals surface area contributed by atoms with Gasteiger partial charge >= 0.3 is 11.6 Å². The number of hydrazone groups is 1. The molecule has 0 aliphatic rings. The van der Waals surface area contributed by atoms with E-state index in [-0.39, 0.29) is 27.8 Å². The van der Waals surface area contributed by atoms with Crippen molar-refractivity contribution in [3.05, 3.63) is 40.4 Å². The van der Waals surface area contributed by atoms with Crippen LogP contribution in [0.25, 0.3) is 0 Å². The maximum atomic E-state index is 11.7. The number of carbonyl (C=O) groups is 1. The number of aromatic nitrogens is 2. The van der Waals surface area contributed by atoms with Gasteiger partial charge < -0.3 is 15.1 Å². The smallest absolute Gasteiger partial charge is 0.322 e. The molecule has 9 heteroatoms. The average Bonchev–Trinajstić information content (AvgIpc) is 2.80. The molecule has 0 fully saturated rings. The van der Waals surface area contributed by atoms with E-state index in [2.05, 4.69) is 20.3 Å². The quantitative estimate of drug-likeness (QED) is 0.467. The van der Waals surface area contributed by atoms with Gasteiger partial charge in [0, 0.05) is 6.92 Å². The second kappa shape index (κ2) is 5.90. The van der Waals surface area contributed by atoms with Gasteiger partial charge in [-0.05, 0) is 28.7 Å². The fraction of sp³-hybridized carbons (Fsp3) is 0.167. The number of hydrogen-bond donors (Lipinski definition) is 2. The summed E-state index contributed by atoms with van der Waals surface area (Å²) >= 11 is 0. The molecular weight excluding hydrogens is 280 g/mol. The van der Waals surface area contributed by atoms with Gasteiger partial charge in [0.15, 0.2) is 11.5 Å². The van der Waals surface area contributed by atoms with Crippen molar-refractivity contribution in [1.29, 1.82) is 0 Å². The van der Waals surface area contributed by atoms with Gasteiger partial charge in [-0.25, -0.2) is 5.43 Å². The van der Waals surface area contributed by atoms with Crippen LogP contribution in [0.1, 0.15) is 21.7 Å². The number of hydrogen-bond acceptors (Lipinski definition) is 7. The van der Waals surface area contributed by atoms with E-state index in [1.807, 2.05) is 0 Å². The van der Waals surface area contributed by atoms with Crippen molar-refractivity contribution in [1.82, 2.24) is 10.6 Å². The highest BCUT2D eigenvalue weighted by atomic mass is 16.8. The molecule has 2 rings (SSSR count). The Balaban J connectivity index is 2.05. The van der Waals surface area contributed by atoms with Crippen LogP contribution in [0.2, 0.25) is 0 Å². The topological polar surface area (TPSA) is 124 Å². The lowest BCUT2D eigenvalue weighted by Crippen LogP contribution is -2.28. The van der Waals surface area contributed by atoms with E-state index in [0.717, 1.165) is 0 Å². The molecule has 1 amide bonds. The Morgan fingerprint density at radius 1 is 1.62 bits per heavy atom. The number of phenols is 1. The van der Waals surface area contributed by atoms with Gasteiger partial charge in [0.1, 0.15) is 0 Å². The lowest BCUT2D eigenvalue weighted by molar-refractivity contribution is -0.806. The van der Waals surface area contributed by atoms with Crippen molar-refractivity contribution >= 4 is 12.1 Å². The molecule has 110 valence electrons. The summed E-state index contributed by atoms with van der Waals surface area (Å²) < 4.78 is 9.22. The van der Waals surface area contributed by atoms with Crippen molar-refractivity contribution < 1.29 is 24.2 Å². The first-order valence-electron chi connectivity index (χ1n) is 5.79. The molecule has 0 saturated carbocycles. The molecule has 0 bridgehead atoms. The Hall–Kier alpha value is -3.10. The number of ether oxygens (including phenoxy) is 1. The first kappa shape index (κ1) is 14.3. The second-order valence-electron chi connectivity index (χ2n) is 3.99.